The van der Waals surface area contributed by atoms with Crippen LogP contribution in [0.3, 0.4) is 0 Å². The number of rotatable bonds is 3. The topological polar surface area (TPSA) is 41.6 Å². The highest BCUT2D eigenvalue weighted by atomic mass is 16.5. The van der Waals surface area contributed by atoms with Crippen LogP contribution in [0.5, 0.6) is 5.75 Å². The Morgan fingerprint density at radius 2 is 1.91 bits per heavy atom. The van der Waals surface area contributed by atoms with Crippen LogP contribution in [-0.4, -0.2) is 30.6 Å². The van der Waals surface area contributed by atoms with Crippen molar-refractivity contribution in [2.75, 3.05) is 13.7 Å². The first kappa shape index (κ1) is 14.4. The van der Waals surface area contributed by atoms with Crippen molar-refractivity contribution in [3.63, 3.8) is 0 Å². The van der Waals surface area contributed by atoms with E-state index >= 15 is 0 Å². The van der Waals surface area contributed by atoms with Gasteiger partial charge >= 0.3 is 6.03 Å². The Hall–Kier alpha value is -2.49. The summed E-state index contributed by atoms with van der Waals surface area (Å²) >= 11 is 0. The van der Waals surface area contributed by atoms with Gasteiger partial charge in [-0.05, 0) is 23.6 Å². The standard InChI is InChI=1S/C18H20N2O2/c1-20(12-14-7-3-2-4-8-14)18(21)19-16-11-15-9-5-6-10-17(15)22-13-16/h2-10,16H,11-13H2,1H3,(H,19,21)/t16-/m0/s1. The molecule has 1 aliphatic heterocycles. The molecule has 4 nitrogen and oxygen atoms in total. The molecule has 1 heterocycles. The van der Waals surface area contributed by atoms with Crippen LogP contribution in [-0.2, 0) is 13.0 Å². The molecular weight excluding hydrogens is 276 g/mol. The van der Waals surface area contributed by atoms with Crippen molar-refractivity contribution >= 4 is 6.03 Å². The van der Waals surface area contributed by atoms with Crippen molar-refractivity contribution in [1.29, 1.82) is 0 Å². The number of nitrogens with zero attached hydrogens (tertiary/aromatic N) is 1. The molecular formula is C18H20N2O2. The summed E-state index contributed by atoms with van der Waals surface area (Å²) in [5.74, 6) is 0.922. The molecule has 0 aliphatic carbocycles. The molecule has 0 unspecified atom stereocenters. The van der Waals surface area contributed by atoms with Gasteiger partial charge in [0, 0.05) is 13.6 Å². The number of hydrogen-bond acceptors (Lipinski definition) is 2. The number of fused-ring (bicyclic) bond motifs is 1. The van der Waals surface area contributed by atoms with Gasteiger partial charge in [-0.15, -0.1) is 0 Å². The van der Waals surface area contributed by atoms with Gasteiger partial charge in [0.15, 0.2) is 0 Å². The minimum atomic E-state index is -0.0724. The molecule has 0 radical (unpaired) electrons. The summed E-state index contributed by atoms with van der Waals surface area (Å²) in [5, 5.41) is 3.04. The molecule has 0 bridgehead atoms. The summed E-state index contributed by atoms with van der Waals surface area (Å²) in [6, 6.07) is 17.9. The first-order valence-corrected chi connectivity index (χ1v) is 7.48. The van der Waals surface area contributed by atoms with E-state index in [1.54, 1.807) is 11.9 Å². The Labute approximate surface area is 130 Å². The molecule has 114 valence electrons. The lowest BCUT2D eigenvalue weighted by atomic mass is 10.0. The number of benzene rings is 2. The highest BCUT2D eigenvalue weighted by Crippen LogP contribution is 2.23. The second-order valence-corrected chi connectivity index (χ2v) is 5.61. The minimum absolute atomic E-state index is 0.0145. The Morgan fingerprint density at radius 1 is 1.18 bits per heavy atom. The third-order valence-electron chi connectivity index (χ3n) is 3.82. The third-order valence-corrected chi connectivity index (χ3v) is 3.82. The average molecular weight is 296 g/mol. The van der Waals surface area contributed by atoms with Gasteiger partial charge in [0.1, 0.15) is 12.4 Å². The van der Waals surface area contributed by atoms with E-state index in [2.05, 4.69) is 5.32 Å². The molecule has 2 aromatic carbocycles. The summed E-state index contributed by atoms with van der Waals surface area (Å²) in [6.45, 7) is 1.11. The number of ether oxygens (including phenoxy) is 1. The predicted octanol–water partition coefficient (Wildman–Crippen LogP) is 2.83. The number of carbonyl (C=O) groups is 1. The quantitative estimate of drug-likeness (QED) is 0.946. The Bertz CT molecular complexity index is 643. The lowest BCUT2D eigenvalue weighted by Gasteiger charge is -2.28. The second-order valence-electron chi connectivity index (χ2n) is 5.61. The fourth-order valence-electron chi connectivity index (χ4n) is 2.63. The predicted molar refractivity (Wildman–Crippen MR) is 85.9 cm³/mol. The zero-order valence-corrected chi connectivity index (χ0v) is 12.7. The molecule has 2 amide bonds. The second kappa shape index (κ2) is 6.52. The van der Waals surface area contributed by atoms with Crippen LogP contribution in [0.1, 0.15) is 11.1 Å². The maximum Gasteiger partial charge on any atom is 0.317 e. The number of amides is 2. The van der Waals surface area contributed by atoms with E-state index in [1.807, 2.05) is 54.6 Å². The highest BCUT2D eigenvalue weighted by Gasteiger charge is 2.22. The van der Waals surface area contributed by atoms with Crippen molar-refractivity contribution in [3.8, 4) is 5.75 Å². The van der Waals surface area contributed by atoms with E-state index < -0.39 is 0 Å². The average Bonchev–Trinajstić information content (AvgIpc) is 2.55. The highest BCUT2D eigenvalue weighted by molar-refractivity contribution is 5.74. The molecule has 0 aromatic heterocycles. The van der Waals surface area contributed by atoms with Gasteiger partial charge in [-0.2, -0.15) is 0 Å². The number of carbonyl (C=O) groups excluding carboxylic acids is 1. The molecule has 1 aliphatic rings. The van der Waals surface area contributed by atoms with Crippen LogP contribution in [0.25, 0.3) is 0 Å². The summed E-state index contributed by atoms with van der Waals surface area (Å²) < 4.78 is 5.70. The summed E-state index contributed by atoms with van der Waals surface area (Å²) in [5.41, 5.74) is 2.26. The van der Waals surface area contributed by atoms with E-state index in [0.717, 1.165) is 23.3 Å². The van der Waals surface area contributed by atoms with Gasteiger partial charge in [-0.25, -0.2) is 4.79 Å². The van der Waals surface area contributed by atoms with Gasteiger partial charge in [-0.1, -0.05) is 48.5 Å². The number of hydrogen-bond donors (Lipinski definition) is 1. The summed E-state index contributed by atoms with van der Waals surface area (Å²) in [4.78, 5) is 14.0. The lowest BCUT2D eigenvalue weighted by molar-refractivity contribution is 0.188. The molecule has 0 saturated heterocycles. The molecule has 2 aromatic rings. The normalized spacial score (nSPS) is 16.3. The molecule has 4 heteroatoms. The van der Waals surface area contributed by atoms with Gasteiger partial charge in [0.2, 0.25) is 0 Å². The van der Waals surface area contributed by atoms with Gasteiger partial charge in [0.25, 0.3) is 0 Å². The van der Waals surface area contributed by atoms with Crippen molar-refractivity contribution in [2.45, 2.75) is 19.0 Å². The Morgan fingerprint density at radius 3 is 2.73 bits per heavy atom. The Balaban J connectivity index is 1.56. The molecule has 0 fully saturated rings. The largest absolute Gasteiger partial charge is 0.491 e. The summed E-state index contributed by atoms with van der Waals surface area (Å²) in [7, 11) is 1.81. The fourth-order valence-corrected chi connectivity index (χ4v) is 2.63. The first-order valence-electron chi connectivity index (χ1n) is 7.48. The van der Waals surface area contributed by atoms with E-state index in [1.165, 1.54) is 0 Å². The number of urea groups is 1. The zero-order chi connectivity index (χ0) is 15.4. The van der Waals surface area contributed by atoms with E-state index in [0.29, 0.717) is 13.2 Å². The SMILES string of the molecule is CN(Cc1ccccc1)C(=O)N[C@@H]1COc2ccccc2C1. The molecule has 1 atom stereocenters. The van der Waals surface area contributed by atoms with Crippen LogP contribution >= 0.6 is 0 Å². The van der Waals surface area contributed by atoms with E-state index in [9.17, 15) is 4.79 Å². The lowest BCUT2D eigenvalue weighted by Crippen LogP contribution is -2.47. The zero-order valence-electron chi connectivity index (χ0n) is 12.7. The van der Waals surface area contributed by atoms with Crippen LogP contribution in [0, 0.1) is 0 Å². The number of nitrogens with one attached hydrogen (secondary N) is 1. The van der Waals surface area contributed by atoms with E-state index in [4.69, 9.17) is 4.74 Å². The van der Waals surface area contributed by atoms with Crippen molar-refractivity contribution in [1.82, 2.24) is 10.2 Å². The monoisotopic (exact) mass is 296 g/mol. The molecule has 0 saturated carbocycles. The maximum atomic E-state index is 12.3. The van der Waals surface area contributed by atoms with Gasteiger partial charge in [-0.3, -0.25) is 0 Å². The summed E-state index contributed by atoms with van der Waals surface area (Å²) in [6.07, 6.45) is 0.807. The van der Waals surface area contributed by atoms with Crippen LogP contribution in [0.15, 0.2) is 54.6 Å². The molecule has 22 heavy (non-hydrogen) atoms. The van der Waals surface area contributed by atoms with Crippen molar-refractivity contribution in [2.24, 2.45) is 0 Å². The minimum Gasteiger partial charge on any atom is -0.491 e. The molecule has 0 spiro atoms. The van der Waals surface area contributed by atoms with Crippen LogP contribution in [0.4, 0.5) is 4.79 Å². The third kappa shape index (κ3) is 3.39. The van der Waals surface area contributed by atoms with Gasteiger partial charge in [0.05, 0.1) is 6.04 Å². The fraction of sp³-hybridized carbons (Fsp3) is 0.278. The molecule has 1 N–H and O–H groups in total. The van der Waals surface area contributed by atoms with E-state index in [-0.39, 0.29) is 12.1 Å². The van der Waals surface area contributed by atoms with Crippen molar-refractivity contribution in [3.05, 3.63) is 65.7 Å². The first-order chi connectivity index (χ1) is 10.7. The number of para-hydroxylation sites is 1. The molecule has 3 rings (SSSR count). The van der Waals surface area contributed by atoms with Gasteiger partial charge < -0.3 is 15.0 Å². The van der Waals surface area contributed by atoms with Crippen LogP contribution in [0.2, 0.25) is 0 Å². The Kier molecular flexibility index (Phi) is 4.28. The maximum absolute atomic E-state index is 12.3. The smallest absolute Gasteiger partial charge is 0.317 e. The van der Waals surface area contributed by atoms with Crippen LogP contribution < -0.4 is 10.1 Å². The van der Waals surface area contributed by atoms with Crippen molar-refractivity contribution < 1.29 is 9.53 Å².